The van der Waals surface area contributed by atoms with E-state index in [9.17, 15) is 0 Å². The quantitative estimate of drug-likeness (QED) is 0.677. The molecule has 1 heterocycles. The first-order chi connectivity index (χ1) is 5.36. The van der Waals surface area contributed by atoms with Crippen molar-refractivity contribution in [3.8, 4) is 0 Å². The molecule has 1 unspecified atom stereocenters. The average Bonchev–Trinajstić information content (AvgIpc) is 1.83. The van der Waals surface area contributed by atoms with Crippen molar-refractivity contribution < 1.29 is 0 Å². The number of nitrogens with two attached hydrogens (primary N) is 1. The molecule has 1 aliphatic carbocycles. The molecule has 1 atom stereocenters. The summed E-state index contributed by atoms with van der Waals surface area (Å²) in [5.41, 5.74) is 5.90. The van der Waals surface area contributed by atoms with E-state index < -0.39 is 0 Å². The van der Waals surface area contributed by atoms with E-state index in [1.807, 2.05) is 0 Å². The highest BCUT2D eigenvalue weighted by Crippen LogP contribution is 2.26. The van der Waals surface area contributed by atoms with Crippen LogP contribution in [0.3, 0.4) is 0 Å². The van der Waals surface area contributed by atoms with E-state index >= 15 is 0 Å². The molecule has 0 spiro atoms. The molecule has 0 amide bonds. The van der Waals surface area contributed by atoms with Crippen molar-refractivity contribution in [1.29, 1.82) is 0 Å². The molecule has 0 aromatic heterocycles. The Morgan fingerprint density at radius 1 is 1.08 bits per heavy atom. The van der Waals surface area contributed by atoms with Gasteiger partial charge in [-0.3, -0.25) is 4.90 Å². The molecule has 2 nitrogen and oxygen atoms in total. The predicted molar refractivity (Wildman–Crippen MR) is 53.7 cm³/mol. The molecule has 0 bridgehead atoms. The van der Waals surface area contributed by atoms with E-state index in [-0.39, 0.29) is 12.4 Å². The molecule has 1 saturated carbocycles. The SMILES string of the molecule is Cl.NC1CCCN(C2CCC2)C1. The number of piperidine rings is 1. The van der Waals surface area contributed by atoms with Crippen LogP contribution in [-0.2, 0) is 0 Å². The van der Waals surface area contributed by atoms with Crippen molar-refractivity contribution in [2.24, 2.45) is 5.73 Å². The minimum atomic E-state index is 0. The molecule has 2 aliphatic rings. The maximum atomic E-state index is 5.90. The summed E-state index contributed by atoms with van der Waals surface area (Å²) in [7, 11) is 0. The second kappa shape index (κ2) is 4.45. The van der Waals surface area contributed by atoms with Crippen LogP contribution < -0.4 is 5.73 Å². The fourth-order valence-corrected chi connectivity index (χ4v) is 2.12. The van der Waals surface area contributed by atoms with Gasteiger partial charge in [0.25, 0.3) is 0 Å². The second-order valence-corrected chi connectivity index (χ2v) is 3.98. The Kier molecular flexibility index (Phi) is 3.81. The second-order valence-electron chi connectivity index (χ2n) is 3.98. The molecule has 0 radical (unpaired) electrons. The summed E-state index contributed by atoms with van der Waals surface area (Å²) in [6.45, 7) is 2.46. The Balaban J connectivity index is 0.000000720. The zero-order valence-electron chi connectivity index (χ0n) is 7.54. The summed E-state index contributed by atoms with van der Waals surface area (Å²) >= 11 is 0. The van der Waals surface area contributed by atoms with Gasteiger partial charge in [0.2, 0.25) is 0 Å². The largest absolute Gasteiger partial charge is 0.327 e. The topological polar surface area (TPSA) is 29.3 Å². The van der Waals surface area contributed by atoms with E-state index in [0.717, 1.165) is 12.6 Å². The summed E-state index contributed by atoms with van der Waals surface area (Å²) in [4.78, 5) is 2.59. The van der Waals surface area contributed by atoms with Gasteiger partial charge in [0, 0.05) is 18.6 Å². The number of hydrogen-bond donors (Lipinski definition) is 1. The Hall–Kier alpha value is 0.210. The van der Waals surface area contributed by atoms with Gasteiger partial charge < -0.3 is 5.73 Å². The maximum absolute atomic E-state index is 5.90. The van der Waals surface area contributed by atoms with Crippen molar-refractivity contribution in [2.45, 2.75) is 44.2 Å². The van der Waals surface area contributed by atoms with Crippen LogP contribution in [0.1, 0.15) is 32.1 Å². The summed E-state index contributed by atoms with van der Waals surface area (Å²) in [6.07, 6.45) is 6.84. The molecule has 2 N–H and O–H groups in total. The normalized spacial score (nSPS) is 32.2. The van der Waals surface area contributed by atoms with E-state index in [0.29, 0.717) is 6.04 Å². The van der Waals surface area contributed by atoms with E-state index in [1.165, 1.54) is 38.6 Å². The van der Waals surface area contributed by atoms with Crippen LogP contribution in [-0.4, -0.2) is 30.1 Å². The van der Waals surface area contributed by atoms with Crippen LogP contribution in [0.15, 0.2) is 0 Å². The van der Waals surface area contributed by atoms with Crippen molar-refractivity contribution >= 4 is 12.4 Å². The van der Waals surface area contributed by atoms with Crippen molar-refractivity contribution in [3.63, 3.8) is 0 Å². The minimum absolute atomic E-state index is 0. The molecule has 2 fully saturated rings. The van der Waals surface area contributed by atoms with E-state index in [2.05, 4.69) is 4.90 Å². The Labute approximate surface area is 80.9 Å². The summed E-state index contributed by atoms with van der Waals surface area (Å²) in [6, 6.07) is 1.37. The molecule has 3 heteroatoms. The third-order valence-electron chi connectivity index (χ3n) is 3.08. The Morgan fingerprint density at radius 3 is 2.33 bits per heavy atom. The molecular weight excluding hydrogens is 172 g/mol. The van der Waals surface area contributed by atoms with Gasteiger partial charge in [-0.25, -0.2) is 0 Å². The molecular formula is C9H19ClN2. The summed E-state index contributed by atoms with van der Waals surface area (Å²) in [5, 5.41) is 0. The van der Waals surface area contributed by atoms with Gasteiger partial charge in [0.05, 0.1) is 0 Å². The highest BCUT2D eigenvalue weighted by molar-refractivity contribution is 5.85. The van der Waals surface area contributed by atoms with Gasteiger partial charge in [-0.05, 0) is 32.2 Å². The highest BCUT2D eigenvalue weighted by Gasteiger charge is 2.27. The molecule has 0 aromatic rings. The molecule has 1 aliphatic heterocycles. The first kappa shape index (κ1) is 10.3. The fraction of sp³-hybridized carbons (Fsp3) is 1.00. The zero-order valence-corrected chi connectivity index (χ0v) is 8.35. The van der Waals surface area contributed by atoms with Gasteiger partial charge in [0.15, 0.2) is 0 Å². The standard InChI is InChI=1S/C9H18N2.ClH/c10-8-3-2-6-11(7-8)9-4-1-5-9;/h8-9H,1-7,10H2;1H. The van der Waals surface area contributed by atoms with Gasteiger partial charge in [-0.1, -0.05) is 6.42 Å². The monoisotopic (exact) mass is 190 g/mol. The molecule has 12 heavy (non-hydrogen) atoms. The van der Waals surface area contributed by atoms with Crippen LogP contribution >= 0.6 is 12.4 Å². The number of halogens is 1. The molecule has 0 aromatic carbocycles. The van der Waals surface area contributed by atoms with Gasteiger partial charge >= 0.3 is 0 Å². The summed E-state index contributed by atoms with van der Waals surface area (Å²) in [5.74, 6) is 0. The first-order valence-corrected chi connectivity index (χ1v) is 4.86. The number of rotatable bonds is 1. The molecule has 2 rings (SSSR count). The van der Waals surface area contributed by atoms with Crippen molar-refractivity contribution in [1.82, 2.24) is 4.90 Å². The van der Waals surface area contributed by atoms with Crippen molar-refractivity contribution in [2.75, 3.05) is 13.1 Å². The first-order valence-electron chi connectivity index (χ1n) is 4.86. The number of hydrogen-bond acceptors (Lipinski definition) is 2. The third kappa shape index (κ3) is 2.12. The lowest BCUT2D eigenvalue weighted by atomic mass is 9.89. The van der Waals surface area contributed by atoms with Crippen LogP contribution in [0.25, 0.3) is 0 Å². The Bertz CT molecular complexity index is 136. The van der Waals surface area contributed by atoms with E-state index in [4.69, 9.17) is 5.73 Å². The van der Waals surface area contributed by atoms with Gasteiger partial charge in [0.1, 0.15) is 0 Å². The maximum Gasteiger partial charge on any atom is 0.0168 e. The van der Waals surface area contributed by atoms with Crippen LogP contribution in [0, 0.1) is 0 Å². The van der Waals surface area contributed by atoms with E-state index in [1.54, 1.807) is 0 Å². The molecule has 1 saturated heterocycles. The number of likely N-dealkylation sites (tertiary alicyclic amines) is 1. The van der Waals surface area contributed by atoms with Crippen LogP contribution in [0.5, 0.6) is 0 Å². The minimum Gasteiger partial charge on any atom is -0.327 e. The lowest BCUT2D eigenvalue weighted by Gasteiger charge is -2.41. The Morgan fingerprint density at radius 2 is 1.83 bits per heavy atom. The van der Waals surface area contributed by atoms with Gasteiger partial charge in [-0.2, -0.15) is 0 Å². The fourth-order valence-electron chi connectivity index (χ4n) is 2.12. The summed E-state index contributed by atoms with van der Waals surface area (Å²) < 4.78 is 0. The number of nitrogens with zero attached hydrogens (tertiary/aromatic N) is 1. The van der Waals surface area contributed by atoms with Crippen LogP contribution in [0.4, 0.5) is 0 Å². The predicted octanol–water partition coefficient (Wildman–Crippen LogP) is 1.38. The smallest absolute Gasteiger partial charge is 0.0168 e. The van der Waals surface area contributed by atoms with Gasteiger partial charge in [-0.15, -0.1) is 12.4 Å². The van der Waals surface area contributed by atoms with Crippen LogP contribution in [0.2, 0.25) is 0 Å². The zero-order chi connectivity index (χ0) is 7.68. The highest BCUT2D eigenvalue weighted by atomic mass is 35.5. The molecule has 72 valence electrons. The lowest BCUT2D eigenvalue weighted by Crippen LogP contribution is -2.49. The lowest BCUT2D eigenvalue weighted by molar-refractivity contribution is 0.0956. The third-order valence-corrected chi connectivity index (χ3v) is 3.08. The average molecular weight is 191 g/mol. The van der Waals surface area contributed by atoms with Crippen molar-refractivity contribution in [3.05, 3.63) is 0 Å².